The van der Waals surface area contributed by atoms with E-state index in [0.717, 1.165) is 18.4 Å². The maximum atomic E-state index is 12.0. The molecule has 0 saturated heterocycles. The summed E-state index contributed by atoms with van der Waals surface area (Å²) in [7, 11) is -3.23. The molecule has 1 heterocycles. The van der Waals surface area contributed by atoms with Crippen LogP contribution >= 0.6 is 0 Å². The fraction of sp³-hybridized carbons (Fsp3) is 0.583. The molecule has 0 aromatic carbocycles. The van der Waals surface area contributed by atoms with Gasteiger partial charge in [0.05, 0.1) is 10.6 Å². The quantitative estimate of drug-likeness (QED) is 0.863. The highest BCUT2D eigenvalue weighted by atomic mass is 32.2. The average Bonchev–Trinajstić information content (AvgIpc) is 3.11. The van der Waals surface area contributed by atoms with Crippen LogP contribution in [0, 0.1) is 0 Å². The summed E-state index contributed by atoms with van der Waals surface area (Å²) in [5.41, 5.74) is 6.63. The van der Waals surface area contributed by atoms with Gasteiger partial charge >= 0.3 is 0 Å². The molecule has 2 rings (SSSR count). The Morgan fingerprint density at radius 1 is 1.47 bits per heavy atom. The van der Waals surface area contributed by atoms with Crippen LogP contribution in [0.15, 0.2) is 23.4 Å². The number of pyridine rings is 1. The second-order valence-electron chi connectivity index (χ2n) is 4.81. The molecule has 0 aliphatic heterocycles. The molecule has 2 N–H and O–H groups in total. The van der Waals surface area contributed by atoms with E-state index < -0.39 is 9.84 Å². The molecule has 17 heavy (non-hydrogen) atoms. The molecule has 1 aromatic heterocycles. The van der Waals surface area contributed by atoms with Crippen molar-refractivity contribution in [3.05, 3.63) is 24.0 Å². The fourth-order valence-electron chi connectivity index (χ4n) is 1.70. The summed E-state index contributed by atoms with van der Waals surface area (Å²) >= 11 is 0. The van der Waals surface area contributed by atoms with Crippen LogP contribution in [0.25, 0.3) is 0 Å². The van der Waals surface area contributed by atoms with Crippen molar-refractivity contribution in [1.82, 2.24) is 4.98 Å². The number of rotatable bonds is 5. The van der Waals surface area contributed by atoms with Crippen molar-refractivity contribution in [2.75, 3.05) is 5.75 Å². The molecule has 1 unspecified atom stereocenters. The van der Waals surface area contributed by atoms with Crippen molar-refractivity contribution >= 4 is 9.84 Å². The van der Waals surface area contributed by atoms with E-state index >= 15 is 0 Å². The summed E-state index contributed by atoms with van der Waals surface area (Å²) in [6.07, 6.45) is 5.97. The summed E-state index contributed by atoms with van der Waals surface area (Å²) < 4.78 is 24.1. The normalized spacial score (nSPS) is 18.0. The van der Waals surface area contributed by atoms with E-state index in [1.54, 1.807) is 12.3 Å². The van der Waals surface area contributed by atoms with Gasteiger partial charge in [-0.15, -0.1) is 0 Å². The highest BCUT2D eigenvalue weighted by molar-refractivity contribution is 7.91. The van der Waals surface area contributed by atoms with Gasteiger partial charge in [-0.3, -0.25) is 4.98 Å². The molecule has 1 aliphatic rings. The number of nitrogens with two attached hydrogens (primary N) is 1. The summed E-state index contributed by atoms with van der Waals surface area (Å²) in [4.78, 5) is 4.36. The van der Waals surface area contributed by atoms with Crippen LogP contribution in [-0.4, -0.2) is 25.2 Å². The van der Waals surface area contributed by atoms with Crippen LogP contribution in [0.1, 0.15) is 37.7 Å². The lowest BCUT2D eigenvalue weighted by Gasteiger charge is -2.07. The topological polar surface area (TPSA) is 73.1 Å². The summed E-state index contributed by atoms with van der Waals surface area (Å²) in [5.74, 6) is 0.617. The second-order valence-corrected chi connectivity index (χ2v) is 6.92. The Bertz CT molecular complexity index is 493. The Labute approximate surface area is 102 Å². The first-order valence-corrected chi connectivity index (χ1v) is 7.57. The van der Waals surface area contributed by atoms with Crippen LogP contribution in [0.2, 0.25) is 0 Å². The van der Waals surface area contributed by atoms with Gasteiger partial charge in [0, 0.05) is 18.4 Å². The van der Waals surface area contributed by atoms with Crippen molar-refractivity contribution in [2.45, 2.75) is 43.0 Å². The smallest absolute Gasteiger partial charge is 0.179 e. The van der Waals surface area contributed by atoms with Crippen molar-refractivity contribution in [3.63, 3.8) is 0 Å². The van der Waals surface area contributed by atoms with Crippen LogP contribution in [0.4, 0.5) is 0 Å². The standard InChI is InChI=1S/C12H18N2O2S/c1-9(13)4-5-17(15,16)12-6-11(7-14-8-12)10-2-3-10/h6-10H,2-5,13H2,1H3. The van der Waals surface area contributed by atoms with Gasteiger partial charge in [0.1, 0.15) is 0 Å². The van der Waals surface area contributed by atoms with E-state index in [1.165, 1.54) is 6.20 Å². The van der Waals surface area contributed by atoms with Crippen molar-refractivity contribution in [1.29, 1.82) is 0 Å². The molecule has 1 saturated carbocycles. The predicted octanol–water partition coefficient (Wildman–Crippen LogP) is 1.47. The Morgan fingerprint density at radius 2 is 2.18 bits per heavy atom. The minimum Gasteiger partial charge on any atom is -0.328 e. The van der Waals surface area contributed by atoms with E-state index in [1.807, 2.05) is 6.92 Å². The predicted molar refractivity (Wildman–Crippen MR) is 66.5 cm³/mol. The number of hydrogen-bond acceptors (Lipinski definition) is 4. The molecule has 1 aliphatic carbocycles. The Kier molecular flexibility index (Phi) is 3.49. The minimum atomic E-state index is -3.23. The van der Waals surface area contributed by atoms with E-state index in [0.29, 0.717) is 17.2 Å². The number of nitrogens with zero attached hydrogens (tertiary/aromatic N) is 1. The molecule has 1 fully saturated rings. The maximum Gasteiger partial charge on any atom is 0.179 e. The molecule has 1 atom stereocenters. The van der Waals surface area contributed by atoms with Gasteiger partial charge in [-0.25, -0.2) is 8.42 Å². The van der Waals surface area contributed by atoms with E-state index in [2.05, 4.69) is 4.98 Å². The number of aromatic nitrogens is 1. The largest absolute Gasteiger partial charge is 0.328 e. The van der Waals surface area contributed by atoms with E-state index in [-0.39, 0.29) is 11.8 Å². The van der Waals surface area contributed by atoms with Crippen molar-refractivity contribution in [2.24, 2.45) is 5.73 Å². The molecule has 0 radical (unpaired) electrons. The molecule has 0 amide bonds. The van der Waals surface area contributed by atoms with Gasteiger partial charge < -0.3 is 5.73 Å². The molecule has 0 bridgehead atoms. The lowest BCUT2D eigenvalue weighted by atomic mass is 10.2. The third kappa shape index (κ3) is 3.26. The average molecular weight is 254 g/mol. The number of hydrogen-bond donors (Lipinski definition) is 1. The van der Waals surface area contributed by atoms with Gasteiger partial charge in [0.15, 0.2) is 9.84 Å². The summed E-state index contributed by atoms with van der Waals surface area (Å²) in [6, 6.07) is 1.67. The first kappa shape index (κ1) is 12.5. The van der Waals surface area contributed by atoms with Crippen LogP contribution in [-0.2, 0) is 9.84 Å². The van der Waals surface area contributed by atoms with Crippen LogP contribution in [0.5, 0.6) is 0 Å². The minimum absolute atomic E-state index is 0.0932. The van der Waals surface area contributed by atoms with Gasteiger partial charge in [0.25, 0.3) is 0 Å². The highest BCUT2D eigenvalue weighted by Crippen LogP contribution is 2.40. The number of sulfone groups is 1. The molecular formula is C12H18N2O2S. The maximum absolute atomic E-state index is 12.0. The van der Waals surface area contributed by atoms with Crippen molar-refractivity contribution < 1.29 is 8.42 Å². The summed E-state index contributed by atoms with van der Waals surface area (Å²) in [5, 5.41) is 0. The van der Waals surface area contributed by atoms with Crippen molar-refractivity contribution in [3.8, 4) is 0 Å². The van der Waals surface area contributed by atoms with Gasteiger partial charge in [0.2, 0.25) is 0 Å². The van der Waals surface area contributed by atoms with Gasteiger partial charge in [-0.05, 0) is 43.7 Å². The SMILES string of the molecule is CC(N)CCS(=O)(=O)c1cncc(C2CC2)c1. The molecular weight excluding hydrogens is 236 g/mol. The lowest BCUT2D eigenvalue weighted by molar-refractivity contribution is 0.587. The molecule has 0 spiro atoms. The molecule has 1 aromatic rings. The lowest BCUT2D eigenvalue weighted by Crippen LogP contribution is -2.20. The van der Waals surface area contributed by atoms with Gasteiger partial charge in [-0.2, -0.15) is 0 Å². The van der Waals surface area contributed by atoms with Crippen LogP contribution in [0.3, 0.4) is 0 Å². The molecule has 94 valence electrons. The Balaban J connectivity index is 2.17. The second kappa shape index (κ2) is 4.74. The summed E-state index contributed by atoms with van der Waals surface area (Å²) in [6.45, 7) is 1.81. The zero-order valence-electron chi connectivity index (χ0n) is 9.96. The highest BCUT2D eigenvalue weighted by Gasteiger charge is 2.25. The Hall–Kier alpha value is -0.940. The molecule has 5 heteroatoms. The third-order valence-corrected chi connectivity index (χ3v) is 4.70. The Morgan fingerprint density at radius 3 is 2.76 bits per heavy atom. The van der Waals surface area contributed by atoms with E-state index in [9.17, 15) is 8.42 Å². The zero-order chi connectivity index (χ0) is 12.5. The third-order valence-electron chi connectivity index (χ3n) is 2.98. The zero-order valence-corrected chi connectivity index (χ0v) is 10.8. The first-order valence-electron chi connectivity index (χ1n) is 5.92. The fourth-order valence-corrected chi connectivity index (χ4v) is 3.16. The first-order chi connectivity index (χ1) is 7.99. The van der Waals surface area contributed by atoms with Crippen LogP contribution < -0.4 is 5.73 Å². The molecule has 4 nitrogen and oxygen atoms in total. The monoisotopic (exact) mass is 254 g/mol. The van der Waals surface area contributed by atoms with E-state index in [4.69, 9.17) is 5.73 Å². The van der Waals surface area contributed by atoms with Gasteiger partial charge in [-0.1, -0.05) is 0 Å².